The van der Waals surface area contributed by atoms with Gasteiger partial charge < -0.3 is 9.84 Å². The molecule has 0 heterocycles. The first-order valence-electron chi connectivity index (χ1n) is 4.15. The van der Waals surface area contributed by atoms with E-state index in [1.54, 1.807) is 0 Å². The predicted octanol–water partition coefficient (Wildman–Crippen LogP) is 1.59. The highest BCUT2D eigenvalue weighted by Crippen LogP contribution is 2.24. The number of carbonyl (C=O) groups excluding carboxylic acids is 1. The summed E-state index contributed by atoms with van der Waals surface area (Å²) in [6.45, 7) is 0. The van der Waals surface area contributed by atoms with Crippen molar-refractivity contribution < 1.29 is 32.6 Å². The number of rotatable bonds is 5. The van der Waals surface area contributed by atoms with E-state index in [0.717, 1.165) is 7.11 Å². The van der Waals surface area contributed by atoms with Gasteiger partial charge in [0.15, 0.2) is 5.92 Å². The van der Waals surface area contributed by atoms with Crippen LogP contribution in [0.3, 0.4) is 0 Å². The van der Waals surface area contributed by atoms with Gasteiger partial charge in [-0.15, -0.1) is 0 Å². The molecule has 0 bridgehead atoms. The number of hydrogen-bond donors (Lipinski definition) is 1. The maximum atomic E-state index is 11.7. The largest absolute Gasteiger partial charge is 0.481 e. The molecule has 7 heteroatoms. The number of alkyl halides is 3. The van der Waals surface area contributed by atoms with E-state index in [2.05, 4.69) is 4.74 Å². The van der Waals surface area contributed by atoms with Crippen LogP contribution >= 0.6 is 0 Å². The van der Waals surface area contributed by atoms with Gasteiger partial charge in [0.2, 0.25) is 0 Å². The summed E-state index contributed by atoms with van der Waals surface area (Å²) < 4.78 is 39.3. The van der Waals surface area contributed by atoms with Gasteiger partial charge in [0, 0.05) is 6.42 Å². The predicted molar refractivity (Wildman–Crippen MR) is 43.0 cm³/mol. The Labute approximate surface area is 84.0 Å². The van der Waals surface area contributed by atoms with Gasteiger partial charge in [-0.1, -0.05) is 0 Å². The third-order valence-corrected chi connectivity index (χ3v) is 1.74. The molecule has 0 saturated carbocycles. The molecule has 1 atom stereocenters. The van der Waals surface area contributed by atoms with Crippen LogP contribution in [0.15, 0.2) is 0 Å². The van der Waals surface area contributed by atoms with Crippen molar-refractivity contribution in [1.29, 1.82) is 0 Å². The number of esters is 1. The Hall–Kier alpha value is -1.27. The normalized spacial score (nSPS) is 13.3. The van der Waals surface area contributed by atoms with Crippen LogP contribution in [0.5, 0.6) is 0 Å². The van der Waals surface area contributed by atoms with Crippen molar-refractivity contribution in [3.63, 3.8) is 0 Å². The zero-order valence-electron chi connectivity index (χ0n) is 8.00. The van der Waals surface area contributed by atoms with Crippen molar-refractivity contribution in [3.8, 4) is 0 Å². The summed E-state index contributed by atoms with van der Waals surface area (Å²) in [5.41, 5.74) is 0. The molecule has 4 nitrogen and oxygen atoms in total. The minimum Gasteiger partial charge on any atom is -0.481 e. The molecular weight excluding hydrogens is 217 g/mol. The summed E-state index contributed by atoms with van der Waals surface area (Å²) in [7, 11) is 0.988. The highest BCUT2D eigenvalue weighted by Gasteiger charge is 2.31. The molecule has 0 aromatic carbocycles. The van der Waals surface area contributed by atoms with E-state index in [-0.39, 0.29) is 6.42 Å². The summed E-state index contributed by atoms with van der Waals surface area (Å²) >= 11 is 0. The second-order valence-corrected chi connectivity index (χ2v) is 2.92. The Balaban J connectivity index is 4.09. The number of carboxylic acid groups (broad SMARTS) is 1. The number of carbonyl (C=O) groups is 2. The number of methoxy groups -OCH3 is 1. The highest BCUT2D eigenvalue weighted by atomic mass is 19.4. The molecule has 0 saturated heterocycles. The van der Waals surface area contributed by atoms with Gasteiger partial charge >= 0.3 is 18.1 Å². The highest BCUT2D eigenvalue weighted by molar-refractivity contribution is 5.93. The molecule has 15 heavy (non-hydrogen) atoms. The van der Waals surface area contributed by atoms with Crippen molar-refractivity contribution in [2.45, 2.75) is 25.4 Å². The van der Waals surface area contributed by atoms with Gasteiger partial charge in [0.05, 0.1) is 7.11 Å². The Bertz CT molecular complexity index is 237. The Kier molecular flexibility index (Phi) is 5.10. The van der Waals surface area contributed by atoms with Crippen molar-refractivity contribution in [2.24, 2.45) is 5.92 Å². The lowest BCUT2D eigenvalue weighted by Crippen LogP contribution is -2.25. The average molecular weight is 228 g/mol. The quantitative estimate of drug-likeness (QED) is 0.573. The molecule has 0 aromatic heterocycles. The van der Waals surface area contributed by atoms with Crippen LogP contribution in [-0.2, 0) is 14.3 Å². The third kappa shape index (κ3) is 5.92. The van der Waals surface area contributed by atoms with Crippen LogP contribution < -0.4 is 0 Å². The van der Waals surface area contributed by atoms with E-state index in [4.69, 9.17) is 5.11 Å². The molecule has 0 radical (unpaired) electrons. The molecule has 0 fully saturated rings. The zero-order chi connectivity index (χ0) is 12.1. The second kappa shape index (κ2) is 5.57. The second-order valence-electron chi connectivity index (χ2n) is 2.92. The molecule has 0 rings (SSSR count). The molecule has 0 amide bonds. The van der Waals surface area contributed by atoms with Crippen molar-refractivity contribution in [1.82, 2.24) is 0 Å². The van der Waals surface area contributed by atoms with E-state index in [1.807, 2.05) is 0 Å². The van der Waals surface area contributed by atoms with Crippen molar-refractivity contribution >= 4 is 11.9 Å². The van der Waals surface area contributed by atoms with Gasteiger partial charge in [-0.3, -0.25) is 9.59 Å². The van der Waals surface area contributed by atoms with Crippen molar-refractivity contribution in [2.75, 3.05) is 7.11 Å². The average Bonchev–Trinajstić information content (AvgIpc) is 2.09. The molecule has 0 aliphatic heterocycles. The fourth-order valence-electron chi connectivity index (χ4n) is 0.991. The van der Waals surface area contributed by atoms with Gasteiger partial charge in [0.1, 0.15) is 0 Å². The molecule has 0 aliphatic rings. The molecule has 0 spiro atoms. The number of hydrogen-bond acceptors (Lipinski definition) is 3. The Morgan fingerprint density at radius 1 is 1.40 bits per heavy atom. The van der Waals surface area contributed by atoms with E-state index in [1.165, 1.54) is 0 Å². The first-order valence-corrected chi connectivity index (χ1v) is 4.15. The zero-order valence-corrected chi connectivity index (χ0v) is 8.00. The lowest BCUT2D eigenvalue weighted by atomic mass is 10.0. The van der Waals surface area contributed by atoms with Crippen LogP contribution in [-0.4, -0.2) is 30.3 Å². The molecular formula is C8H11F3O4. The lowest BCUT2D eigenvalue weighted by molar-refractivity contribution is -0.159. The van der Waals surface area contributed by atoms with Crippen molar-refractivity contribution in [3.05, 3.63) is 0 Å². The van der Waals surface area contributed by atoms with Gasteiger partial charge in [0.25, 0.3) is 0 Å². The third-order valence-electron chi connectivity index (χ3n) is 1.74. The van der Waals surface area contributed by atoms with Gasteiger partial charge in [-0.2, -0.15) is 13.2 Å². The van der Waals surface area contributed by atoms with E-state index in [0.29, 0.717) is 0 Å². The number of carboxylic acids is 1. The monoisotopic (exact) mass is 228 g/mol. The van der Waals surface area contributed by atoms with Crippen LogP contribution in [0.1, 0.15) is 19.3 Å². The molecule has 1 unspecified atom stereocenters. The smallest absolute Gasteiger partial charge is 0.389 e. The van der Waals surface area contributed by atoms with E-state index in [9.17, 15) is 22.8 Å². The maximum Gasteiger partial charge on any atom is 0.389 e. The van der Waals surface area contributed by atoms with Crippen LogP contribution in [0.25, 0.3) is 0 Å². The molecule has 0 aromatic rings. The summed E-state index contributed by atoms with van der Waals surface area (Å²) in [6.07, 6.45) is -6.22. The van der Waals surface area contributed by atoms with E-state index >= 15 is 0 Å². The Morgan fingerprint density at radius 2 is 1.93 bits per heavy atom. The van der Waals surface area contributed by atoms with Crippen LogP contribution in [0.2, 0.25) is 0 Å². The summed E-state index contributed by atoms with van der Waals surface area (Å²) in [6, 6.07) is 0. The molecule has 88 valence electrons. The van der Waals surface area contributed by atoms with Gasteiger partial charge in [-0.25, -0.2) is 0 Å². The van der Waals surface area contributed by atoms with Crippen LogP contribution in [0.4, 0.5) is 13.2 Å². The van der Waals surface area contributed by atoms with Crippen LogP contribution in [0, 0.1) is 5.92 Å². The fourth-order valence-corrected chi connectivity index (χ4v) is 0.991. The minimum atomic E-state index is -4.33. The SMILES string of the molecule is COC(=O)C(CCCC(F)(F)F)C(=O)O. The molecule has 1 N–H and O–H groups in total. The molecule has 0 aliphatic carbocycles. The lowest BCUT2D eigenvalue weighted by Gasteiger charge is -2.10. The number of ether oxygens (including phenoxy) is 1. The van der Waals surface area contributed by atoms with E-state index < -0.39 is 36.9 Å². The maximum absolute atomic E-state index is 11.7. The number of aliphatic carboxylic acids is 1. The van der Waals surface area contributed by atoms with Gasteiger partial charge in [-0.05, 0) is 12.8 Å². The summed E-state index contributed by atoms with van der Waals surface area (Å²) in [4.78, 5) is 21.3. The first kappa shape index (κ1) is 13.7. The minimum absolute atomic E-state index is 0.373. The fraction of sp³-hybridized carbons (Fsp3) is 0.750. The topological polar surface area (TPSA) is 63.6 Å². The first-order chi connectivity index (χ1) is 6.78. The Morgan fingerprint density at radius 3 is 2.27 bits per heavy atom. The number of halogens is 3. The standard InChI is InChI=1S/C8H11F3O4/c1-15-7(14)5(6(12)13)3-2-4-8(9,10)11/h5H,2-4H2,1H3,(H,12,13). The summed E-state index contributed by atoms with van der Waals surface area (Å²) in [5.74, 6) is -4.01. The summed E-state index contributed by atoms with van der Waals surface area (Å²) in [5, 5.41) is 8.52.